The molecule has 0 amide bonds. The van der Waals surface area contributed by atoms with E-state index in [1.807, 2.05) is 24.3 Å². The molecule has 1 fully saturated rings. The molecule has 2 atom stereocenters. The fourth-order valence-corrected chi connectivity index (χ4v) is 7.15. The molecule has 5 heteroatoms. The molecule has 0 radical (unpaired) electrons. The second kappa shape index (κ2) is 9.30. The third kappa shape index (κ3) is 4.33. The quantitative estimate of drug-likeness (QED) is 0.273. The first-order valence-corrected chi connectivity index (χ1v) is 13.4. The van der Waals surface area contributed by atoms with Gasteiger partial charge >= 0.3 is 0 Å². The zero-order chi connectivity index (χ0) is 23.9. The van der Waals surface area contributed by atoms with E-state index >= 15 is 0 Å². The van der Waals surface area contributed by atoms with Crippen molar-refractivity contribution < 1.29 is 15.3 Å². The zero-order valence-corrected chi connectivity index (χ0v) is 20.6. The van der Waals surface area contributed by atoms with E-state index in [9.17, 15) is 15.3 Å². The number of aliphatic hydroxyl groups is 1. The molecule has 0 saturated carbocycles. The first-order valence-electron chi connectivity index (χ1n) is 12.6. The largest absolute Gasteiger partial charge is 0.508 e. The van der Waals surface area contributed by atoms with Crippen molar-refractivity contribution in [3.8, 4) is 11.5 Å². The second-order valence-corrected chi connectivity index (χ2v) is 11.1. The van der Waals surface area contributed by atoms with Gasteiger partial charge in [-0.05, 0) is 95.9 Å². The number of phenolic OH excluding ortho intramolecular Hbond substituents is 2. The minimum Gasteiger partial charge on any atom is -0.508 e. The summed E-state index contributed by atoms with van der Waals surface area (Å²) in [7, 11) is 0. The predicted molar refractivity (Wildman–Crippen MR) is 142 cm³/mol. The standard InChI is InChI=1S/C30H31NO3S/c32-22-9-8-21-16-28-30(24-11-10-23(33)18-27(24)35-28)29(25(21)17-22)20-6-4-19(5-7-20)26(34)12-15-31-13-2-1-3-14-31/h4-11,17-18,26,29,32-34H,1-3,12-16H2. The number of benzene rings is 3. The van der Waals surface area contributed by atoms with Crippen LogP contribution in [-0.4, -0.2) is 39.9 Å². The van der Waals surface area contributed by atoms with Crippen molar-refractivity contribution in [1.29, 1.82) is 0 Å². The number of likely N-dealkylation sites (tertiary alicyclic amines) is 1. The Balaban J connectivity index is 1.34. The highest BCUT2D eigenvalue weighted by Gasteiger charge is 2.31. The maximum Gasteiger partial charge on any atom is 0.117 e. The van der Waals surface area contributed by atoms with Gasteiger partial charge < -0.3 is 20.2 Å². The Morgan fingerprint density at radius 2 is 1.63 bits per heavy atom. The Kier molecular flexibility index (Phi) is 6.01. The molecular weight excluding hydrogens is 454 g/mol. The average Bonchev–Trinajstić information content (AvgIpc) is 3.23. The van der Waals surface area contributed by atoms with Crippen molar-refractivity contribution in [3.05, 3.63) is 93.4 Å². The van der Waals surface area contributed by atoms with E-state index < -0.39 is 6.10 Å². The van der Waals surface area contributed by atoms with E-state index in [-0.39, 0.29) is 17.4 Å². The van der Waals surface area contributed by atoms with E-state index in [0.717, 1.165) is 59.3 Å². The fourth-order valence-electron chi connectivity index (χ4n) is 5.86. The molecule has 6 rings (SSSR count). The van der Waals surface area contributed by atoms with E-state index in [2.05, 4.69) is 29.2 Å². The molecule has 1 aliphatic carbocycles. The van der Waals surface area contributed by atoms with Crippen LogP contribution in [-0.2, 0) is 6.42 Å². The SMILES string of the molecule is Oc1ccc2c(c1)C(c1ccc(C(O)CCN3CCCCC3)cc1)c1c(sc3cc(O)ccc13)C2. The van der Waals surface area contributed by atoms with Crippen LogP contribution in [0.25, 0.3) is 10.1 Å². The number of thiophene rings is 1. The van der Waals surface area contributed by atoms with E-state index in [1.165, 1.54) is 35.3 Å². The smallest absolute Gasteiger partial charge is 0.117 e. The number of nitrogens with zero attached hydrogens (tertiary/aromatic N) is 1. The number of piperidine rings is 1. The summed E-state index contributed by atoms with van der Waals surface area (Å²) < 4.78 is 1.08. The summed E-state index contributed by atoms with van der Waals surface area (Å²) in [5, 5.41) is 32.4. The van der Waals surface area contributed by atoms with Crippen LogP contribution in [0.2, 0.25) is 0 Å². The van der Waals surface area contributed by atoms with Gasteiger partial charge in [-0.25, -0.2) is 0 Å². The van der Waals surface area contributed by atoms with Crippen molar-refractivity contribution in [2.45, 2.75) is 44.1 Å². The van der Waals surface area contributed by atoms with Gasteiger partial charge in [0.15, 0.2) is 0 Å². The third-order valence-corrected chi connectivity index (χ3v) is 8.86. The highest BCUT2D eigenvalue weighted by Crippen LogP contribution is 2.49. The summed E-state index contributed by atoms with van der Waals surface area (Å²) in [4.78, 5) is 3.77. The van der Waals surface area contributed by atoms with Crippen LogP contribution in [0.1, 0.15) is 70.4 Å². The molecule has 1 aliphatic heterocycles. The highest BCUT2D eigenvalue weighted by atomic mass is 32.1. The number of hydrogen-bond donors (Lipinski definition) is 3. The van der Waals surface area contributed by atoms with Gasteiger partial charge in [0.25, 0.3) is 0 Å². The van der Waals surface area contributed by atoms with Crippen molar-refractivity contribution in [3.63, 3.8) is 0 Å². The molecule has 180 valence electrons. The van der Waals surface area contributed by atoms with E-state index in [1.54, 1.807) is 23.5 Å². The Hall–Kier alpha value is -2.86. The molecule has 3 aromatic carbocycles. The summed E-state index contributed by atoms with van der Waals surface area (Å²) in [5.41, 5.74) is 5.72. The predicted octanol–water partition coefficient (Wildman–Crippen LogP) is 6.31. The summed E-state index contributed by atoms with van der Waals surface area (Å²) in [6, 6.07) is 19.7. The normalized spacial score (nSPS) is 18.8. The number of aliphatic hydroxyl groups excluding tert-OH is 1. The van der Waals surface area contributed by atoms with E-state index in [0.29, 0.717) is 0 Å². The Morgan fingerprint density at radius 3 is 2.43 bits per heavy atom. The van der Waals surface area contributed by atoms with Gasteiger partial charge in [0.05, 0.1) is 6.10 Å². The van der Waals surface area contributed by atoms with Gasteiger partial charge in [-0.15, -0.1) is 11.3 Å². The number of rotatable bonds is 5. The maximum atomic E-state index is 10.9. The molecule has 3 N–H and O–H groups in total. The Bertz CT molecular complexity index is 1350. The van der Waals surface area contributed by atoms with Crippen LogP contribution in [0.15, 0.2) is 60.7 Å². The van der Waals surface area contributed by atoms with Crippen LogP contribution >= 0.6 is 11.3 Å². The van der Waals surface area contributed by atoms with Crippen LogP contribution in [0, 0.1) is 0 Å². The van der Waals surface area contributed by atoms with Gasteiger partial charge in [0.2, 0.25) is 0 Å². The van der Waals surface area contributed by atoms with Gasteiger partial charge in [0, 0.05) is 28.5 Å². The summed E-state index contributed by atoms with van der Waals surface area (Å²) in [6.07, 6.45) is 4.97. The molecule has 4 aromatic rings. The number of aromatic hydroxyl groups is 2. The topological polar surface area (TPSA) is 63.9 Å². The minimum atomic E-state index is -0.464. The van der Waals surface area contributed by atoms with E-state index in [4.69, 9.17) is 0 Å². The molecule has 2 unspecified atom stereocenters. The lowest BCUT2D eigenvalue weighted by atomic mass is 9.76. The first kappa shape index (κ1) is 22.6. The van der Waals surface area contributed by atoms with Crippen LogP contribution in [0.3, 0.4) is 0 Å². The van der Waals surface area contributed by atoms with Crippen molar-refractivity contribution in [2.24, 2.45) is 0 Å². The van der Waals surface area contributed by atoms with Crippen molar-refractivity contribution in [1.82, 2.24) is 4.90 Å². The van der Waals surface area contributed by atoms with Crippen LogP contribution in [0.4, 0.5) is 0 Å². The lowest BCUT2D eigenvalue weighted by Crippen LogP contribution is -2.31. The lowest BCUT2D eigenvalue weighted by molar-refractivity contribution is 0.134. The highest BCUT2D eigenvalue weighted by molar-refractivity contribution is 7.19. The molecule has 1 saturated heterocycles. The van der Waals surface area contributed by atoms with Gasteiger partial charge in [0.1, 0.15) is 11.5 Å². The molecule has 4 nitrogen and oxygen atoms in total. The zero-order valence-electron chi connectivity index (χ0n) is 19.8. The molecule has 2 aliphatic rings. The monoisotopic (exact) mass is 485 g/mol. The van der Waals surface area contributed by atoms with Gasteiger partial charge in [-0.3, -0.25) is 0 Å². The average molecular weight is 486 g/mol. The molecular formula is C30H31NO3S. The summed E-state index contributed by atoms with van der Waals surface area (Å²) >= 11 is 1.74. The van der Waals surface area contributed by atoms with Crippen molar-refractivity contribution >= 4 is 21.4 Å². The minimum absolute atomic E-state index is 0.00122. The molecule has 1 aromatic heterocycles. The number of hydrogen-bond acceptors (Lipinski definition) is 5. The van der Waals surface area contributed by atoms with Crippen LogP contribution < -0.4 is 0 Å². The van der Waals surface area contributed by atoms with Gasteiger partial charge in [-0.2, -0.15) is 0 Å². The Labute approximate surface area is 210 Å². The second-order valence-electron chi connectivity index (χ2n) is 9.99. The fraction of sp³-hybridized carbons (Fsp3) is 0.333. The number of fused-ring (bicyclic) bond motifs is 4. The van der Waals surface area contributed by atoms with Crippen molar-refractivity contribution in [2.75, 3.05) is 19.6 Å². The summed E-state index contributed by atoms with van der Waals surface area (Å²) in [5.74, 6) is 0.559. The summed E-state index contributed by atoms with van der Waals surface area (Å²) in [6.45, 7) is 3.23. The molecule has 35 heavy (non-hydrogen) atoms. The molecule has 0 bridgehead atoms. The van der Waals surface area contributed by atoms with Crippen LogP contribution in [0.5, 0.6) is 11.5 Å². The maximum absolute atomic E-state index is 10.9. The molecule has 2 heterocycles. The lowest BCUT2D eigenvalue weighted by Gasteiger charge is -2.28. The molecule has 0 spiro atoms. The Morgan fingerprint density at radius 1 is 0.886 bits per heavy atom. The number of phenols is 2. The third-order valence-electron chi connectivity index (χ3n) is 7.69. The first-order chi connectivity index (χ1) is 17.1. The van der Waals surface area contributed by atoms with Gasteiger partial charge in [-0.1, -0.05) is 36.8 Å².